The van der Waals surface area contributed by atoms with Crippen LogP contribution in [0.15, 0.2) is 24.5 Å². The Bertz CT molecular complexity index is 668. The van der Waals surface area contributed by atoms with Crippen LogP contribution in [0.5, 0.6) is 0 Å². The second-order valence-corrected chi connectivity index (χ2v) is 6.81. The van der Waals surface area contributed by atoms with Gasteiger partial charge >= 0.3 is 0 Å². The molecule has 1 fully saturated rings. The van der Waals surface area contributed by atoms with Crippen molar-refractivity contribution in [2.45, 2.75) is 39.3 Å². The van der Waals surface area contributed by atoms with Crippen molar-refractivity contribution in [3.05, 3.63) is 45.7 Å². The molecule has 1 aliphatic carbocycles. The van der Waals surface area contributed by atoms with E-state index in [9.17, 15) is 4.79 Å². The van der Waals surface area contributed by atoms with Gasteiger partial charge in [0.25, 0.3) is 5.91 Å². The number of aryl methyl sites for hydroxylation is 1. The van der Waals surface area contributed by atoms with Crippen LogP contribution in [-0.2, 0) is 11.3 Å². The lowest BCUT2D eigenvalue weighted by molar-refractivity contribution is 0.0935. The predicted molar refractivity (Wildman–Crippen MR) is 89.3 cm³/mol. The van der Waals surface area contributed by atoms with Gasteiger partial charge in [-0.2, -0.15) is 0 Å². The molecule has 1 amide bonds. The highest BCUT2D eigenvalue weighted by atomic mass is 32.1. The molecule has 5 nitrogen and oxygen atoms in total. The summed E-state index contributed by atoms with van der Waals surface area (Å²) in [6, 6.07) is 4.01. The third-order valence-corrected chi connectivity index (χ3v) is 5.05. The average molecular weight is 331 g/mol. The van der Waals surface area contributed by atoms with Crippen molar-refractivity contribution in [3.63, 3.8) is 0 Å². The van der Waals surface area contributed by atoms with Gasteiger partial charge in [-0.3, -0.25) is 9.78 Å². The fraction of sp³-hybridized carbons (Fsp3) is 0.471. The molecule has 1 aliphatic rings. The number of hydrogen-bond donors (Lipinski definition) is 1. The van der Waals surface area contributed by atoms with E-state index in [1.54, 1.807) is 12.4 Å². The van der Waals surface area contributed by atoms with E-state index < -0.39 is 0 Å². The molecule has 0 radical (unpaired) electrons. The van der Waals surface area contributed by atoms with Gasteiger partial charge in [-0.15, -0.1) is 11.3 Å². The number of aromatic nitrogens is 2. The largest absolute Gasteiger partial charge is 0.375 e. The number of hydrogen-bond acceptors (Lipinski definition) is 5. The second-order valence-electron chi connectivity index (χ2n) is 5.73. The Kier molecular flexibility index (Phi) is 5.03. The molecule has 2 aromatic rings. The first-order valence-electron chi connectivity index (χ1n) is 7.94. The molecule has 3 rings (SSSR count). The number of carbonyl (C=O) groups is 1. The van der Waals surface area contributed by atoms with Gasteiger partial charge in [0, 0.05) is 19.0 Å². The van der Waals surface area contributed by atoms with Gasteiger partial charge in [-0.25, -0.2) is 4.98 Å². The molecule has 1 atom stereocenters. The van der Waals surface area contributed by atoms with Crippen molar-refractivity contribution in [2.75, 3.05) is 6.61 Å². The minimum absolute atomic E-state index is 0.0449. The summed E-state index contributed by atoms with van der Waals surface area (Å²) in [5.41, 5.74) is 1.89. The minimum Gasteiger partial charge on any atom is -0.375 e. The summed E-state index contributed by atoms with van der Waals surface area (Å²) in [5, 5.41) is 4.03. The monoisotopic (exact) mass is 331 g/mol. The van der Waals surface area contributed by atoms with Crippen LogP contribution in [0.3, 0.4) is 0 Å². The molecule has 0 spiro atoms. The molecule has 2 aromatic heterocycles. The highest BCUT2D eigenvalue weighted by Crippen LogP contribution is 2.41. The van der Waals surface area contributed by atoms with E-state index in [4.69, 9.17) is 4.74 Å². The first kappa shape index (κ1) is 16.1. The van der Waals surface area contributed by atoms with E-state index in [1.807, 2.05) is 26.0 Å². The predicted octanol–water partition coefficient (Wildman–Crippen LogP) is 3.26. The number of nitrogens with zero attached hydrogens (tertiary/aromatic N) is 2. The number of carbonyl (C=O) groups excluding carboxylic acids is 1. The quantitative estimate of drug-likeness (QED) is 0.846. The van der Waals surface area contributed by atoms with E-state index in [2.05, 4.69) is 15.3 Å². The van der Waals surface area contributed by atoms with Crippen LogP contribution in [0.25, 0.3) is 0 Å². The van der Waals surface area contributed by atoms with Gasteiger partial charge in [0.15, 0.2) is 0 Å². The smallest absolute Gasteiger partial charge is 0.263 e. The Morgan fingerprint density at radius 2 is 2.17 bits per heavy atom. The minimum atomic E-state index is -0.0449. The lowest BCUT2D eigenvalue weighted by atomic mass is 10.0. The summed E-state index contributed by atoms with van der Waals surface area (Å²) in [7, 11) is 0. The fourth-order valence-corrected chi connectivity index (χ4v) is 3.50. The number of nitrogens with one attached hydrogen (secondary N) is 1. The maximum Gasteiger partial charge on any atom is 0.263 e. The Balaban J connectivity index is 1.73. The summed E-state index contributed by atoms with van der Waals surface area (Å²) in [5.74, 6) is 0.480. The molecule has 23 heavy (non-hydrogen) atoms. The van der Waals surface area contributed by atoms with Crippen molar-refractivity contribution in [3.8, 4) is 0 Å². The van der Waals surface area contributed by atoms with Gasteiger partial charge < -0.3 is 10.1 Å². The maximum atomic E-state index is 12.7. The standard InChI is InChI=1S/C17H21N3O2S/c1-3-22-10-14-19-11(2)16(23-14)17(21)20-15(12-4-5-12)13-6-8-18-9-7-13/h6-9,12,15H,3-5,10H2,1-2H3,(H,20,21). The van der Waals surface area contributed by atoms with Crippen LogP contribution < -0.4 is 5.32 Å². The zero-order chi connectivity index (χ0) is 16.2. The van der Waals surface area contributed by atoms with E-state index in [0.29, 0.717) is 24.0 Å². The molecule has 0 aromatic carbocycles. The molecule has 1 N–H and O–H groups in total. The van der Waals surface area contributed by atoms with Gasteiger partial charge in [0.2, 0.25) is 0 Å². The second kappa shape index (κ2) is 7.19. The van der Waals surface area contributed by atoms with Crippen LogP contribution in [0.2, 0.25) is 0 Å². The molecule has 0 saturated heterocycles. The first-order chi connectivity index (χ1) is 11.2. The van der Waals surface area contributed by atoms with E-state index >= 15 is 0 Å². The molecule has 0 aliphatic heterocycles. The van der Waals surface area contributed by atoms with Gasteiger partial charge in [-0.1, -0.05) is 0 Å². The number of thiazole rings is 1. The highest BCUT2D eigenvalue weighted by molar-refractivity contribution is 7.13. The third kappa shape index (κ3) is 3.95. The SMILES string of the molecule is CCOCc1nc(C)c(C(=O)NC(c2ccncc2)C2CC2)s1. The molecule has 6 heteroatoms. The Morgan fingerprint density at radius 3 is 2.83 bits per heavy atom. The summed E-state index contributed by atoms with van der Waals surface area (Å²) in [6.07, 6.45) is 5.86. The molecule has 1 saturated carbocycles. The van der Waals surface area contributed by atoms with Crippen molar-refractivity contribution in [1.82, 2.24) is 15.3 Å². The molecule has 122 valence electrons. The summed E-state index contributed by atoms with van der Waals surface area (Å²) < 4.78 is 5.38. The summed E-state index contributed by atoms with van der Waals surface area (Å²) in [4.78, 5) is 21.8. The van der Waals surface area contributed by atoms with E-state index in [-0.39, 0.29) is 11.9 Å². The first-order valence-corrected chi connectivity index (χ1v) is 8.75. The molecule has 2 heterocycles. The maximum absolute atomic E-state index is 12.7. The molecular formula is C17H21N3O2S. The summed E-state index contributed by atoms with van der Waals surface area (Å²) >= 11 is 1.42. The van der Waals surface area contributed by atoms with Crippen molar-refractivity contribution in [2.24, 2.45) is 5.92 Å². The average Bonchev–Trinajstić information content (AvgIpc) is 3.34. The van der Waals surface area contributed by atoms with Crippen LogP contribution in [0.1, 0.15) is 51.7 Å². The lowest BCUT2D eigenvalue weighted by Gasteiger charge is -2.18. The van der Waals surface area contributed by atoms with E-state index in [1.165, 1.54) is 11.3 Å². The highest BCUT2D eigenvalue weighted by Gasteiger charge is 2.34. The van der Waals surface area contributed by atoms with Crippen LogP contribution in [0.4, 0.5) is 0 Å². The topological polar surface area (TPSA) is 64.1 Å². The molecule has 0 bridgehead atoms. The summed E-state index contributed by atoms with van der Waals surface area (Å²) in [6.45, 7) is 4.93. The number of ether oxygens (including phenoxy) is 1. The Hall–Kier alpha value is -1.79. The van der Waals surface area contributed by atoms with Crippen molar-refractivity contribution in [1.29, 1.82) is 0 Å². The van der Waals surface area contributed by atoms with Crippen LogP contribution >= 0.6 is 11.3 Å². The molecule has 1 unspecified atom stereocenters. The fourth-order valence-electron chi connectivity index (χ4n) is 2.59. The number of amides is 1. The zero-order valence-electron chi connectivity index (χ0n) is 13.4. The number of pyridine rings is 1. The lowest BCUT2D eigenvalue weighted by Crippen LogP contribution is -2.29. The van der Waals surface area contributed by atoms with Crippen molar-refractivity contribution < 1.29 is 9.53 Å². The van der Waals surface area contributed by atoms with Crippen molar-refractivity contribution >= 4 is 17.2 Å². The Morgan fingerprint density at radius 1 is 1.43 bits per heavy atom. The van der Waals surface area contributed by atoms with E-state index in [0.717, 1.165) is 29.1 Å². The van der Waals surface area contributed by atoms with Crippen LogP contribution in [0, 0.1) is 12.8 Å². The zero-order valence-corrected chi connectivity index (χ0v) is 14.2. The van der Waals surface area contributed by atoms with Gasteiger partial charge in [0.1, 0.15) is 9.88 Å². The third-order valence-electron chi connectivity index (χ3n) is 3.92. The molecular weight excluding hydrogens is 310 g/mol. The van der Waals surface area contributed by atoms with Gasteiger partial charge in [-0.05, 0) is 50.3 Å². The normalized spacial score (nSPS) is 15.4. The Labute approximate surface area is 140 Å². The number of rotatable bonds is 7. The van der Waals surface area contributed by atoms with Gasteiger partial charge in [0.05, 0.1) is 18.3 Å². The van der Waals surface area contributed by atoms with Crippen LogP contribution in [-0.4, -0.2) is 22.5 Å².